The van der Waals surface area contributed by atoms with Crippen LogP contribution in [0.1, 0.15) is 162 Å². The Labute approximate surface area is 307 Å². The number of allylic oxidation sites excluding steroid dienone is 2. The van der Waals surface area contributed by atoms with Gasteiger partial charge in [0.15, 0.2) is 6.10 Å². The van der Waals surface area contributed by atoms with Gasteiger partial charge in [-0.25, -0.2) is 4.57 Å². The minimum absolute atomic E-state index is 0.0430. The molecule has 0 aromatic rings. The first-order chi connectivity index (χ1) is 24.5. The van der Waals surface area contributed by atoms with Crippen LogP contribution in [-0.4, -0.2) is 69.2 Å². The highest BCUT2D eigenvalue weighted by molar-refractivity contribution is 7.46. The number of aliphatic hydroxyl groups excluding tert-OH is 2. The number of ketones is 1. The normalized spacial score (nSPS) is 19.3. The molecular formula is C39H69O11P. The summed E-state index contributed by atoms with van der Waals surface area (Å²) in [5, 5.41) is 20.6. The predicted molar refractivity (Wildman–Crippen MR) is 199 cm³/mol. The molecule has 51 heavy (non-hydrogen) atoms. The van der Waals surface area contributed by atoms with Gasteiger partial charge in [0, 0.05) is 31.1 Å². The summed E-state index contributed by atoms with van der Waals surface area (Å²) in [4.78, 5) is 55.4. The molecular weight excluding hydrogens is 675 g/mol. The van der Waals surface area contributed by atoms with Crippen molar-refractivity contribution in [1.82, 2.24) is 0 Å². The first kappa shape index (κ1) is 47.1. The Balaban J connectivity index is 2.30. The van der Waals surface area contributed by atoms with Gasteiger partial charge in [0.25, 0.3) is 0 Å². The number of aliphatic hydroxyl groups is 2. The Kier molecular flexibility index (Phi) is 27.3. The second kappa shape index (κ2) is 29.6. The number of carbonyl (C=O) groups excluding carboxylic acids is 3. The topological polar surface area (TPSA) is 177 Å². The van der Waals surface area contributed by atoms with E-state index in [9.17, 15) is 29.2 Å². The molecule has 1 saturated carbocycles. The number of unbranched alkanes of at least 4 members (excludes halogenated alkanes) is 14. The molecule has 0 heterocycles. The maximum atomic E-state index is 12.5. The number of phosphoric ester groups is 1. The van der Waals surface area contributed by atoms with Gasteiger partial charge < -0.3 is 29.5 Å². The Morgan fingerprint density at radius 2 is 1.37 bits per heavy atom. The molecule has 1 aliphatic carbocycles. The van der Waals surface area contributed by atoms with Crippen LogP contribution in [0, 0.1) is 11.8 Å². The summed E-state index contributed by atoms with van der Waals surface area (Å²) in [6.07, 6.45) is 25.2. The molecule has 0 saturated heterocycles. The highest BCUT2D eigenvalue weighted by atomic mass is 31.2. The third-order valence-corrected chi connectivity index (χ3v) is 9.82. The van der Waals surface area contributed by atoms with E-state index in [-0.39, 0.29) is 43.5 Å². The molecule has 0 spiro atoms. The first-order valence-corrected chi connectivity index (χ1v) is 21.3. The smallest absolute Gasteiger partial charge is 0.462 e. The zero-order valence-corrected chi connectivity index (χ0v) is 32.4. The Hall–Kier alpha value is -1.88. The van der Waals surface area contributed by atoms with Gasteiger partial charge in [0.1, 0.15) is 12.4 Å². The predicted octanol–water partition coefficient (Wildman–Crippen LogP) is 8.21. The lowest BCUT2D eigenvalue weighted by molar-refractivity contribution is -0.161. The second-order valence-electron chi connectivity index (χ2n) is 14.0. The Morgan fingerprint density at radius 3 is 2.02 bits per heavy atom. The van der Waals surface area contributed by atoms with Crippen molar-refractivity contribution < 1.29 is 52.9 Å². The van der Waals surface area contributed by atoms with Crippen molar-refractivity contribution in [3.63, 3.8) is 0 Å². The van der Waals surface area contributed by atoms with E-state index in [1.165, 1.54) is 25.7 Å². The lowest BCUT2D eigenvalue weighted by atomic mass is 9.88. The minimum Gasteiger partial charge on any atom is -0.462 e. The summed E-state index contributed by atoms with van der Waals surface area (Å²) >= 11 is 0. The van der Waals surface area contributed by atoms with Crippen LogP contribution in [0.25, 0.3) is 0 Å². The van der Waals surface area contributed by atoms with E-state index in [4.69, 9.17) is 19.3 Å². The summed E-state index contributed by atoms with van der Waals surface area (Å²) in [6.45, 7) is 3.35. The zero-order chi connectivity index (χ0) is 37.7. The maximum Gasteiger partial charge on any atom is 0.469 e. The lowest BCUT2D eigenvalue weighted by Crippen LogP contribution is -2.29. The summed E-state index contributed by atoms with van der Waals surface area (Å²) in [7, 11) is -4.81. The van der Waals surface area contributed by atoms with Gasteiger partial charge in [-0.2, -0.15) is 0 Å². The summed E-state index contributed by atoms with van der Waals surface area (Å²) < 4.78 is 26.3. The first-order valence-electron chi connectivity index (χ1n) is 19.7. The fourth-order valence-corrected chi connectivity index (χ4v) is 6.68. The van der Waals surface area contributed by atoms with Crippen LogP contribution in [0.5, 0.6) is 0 Å². The van der Waals surface area contributed by atoms with Gasteiger partial charge in [-0.3, -0.25) is 18.9 Å². The average molecular weight is 745 g/mol. The molecule has 0 unspecified atom stereocenters. The van der Waals surface area contributed by atoms with E-state index in [0.717, 1.165) is 77.0 Å². The van der Waals surface area contributed by atoms with Crippen molar-refractivity contribution in [2.75, 3.05) is 13.2 Å². The molecule has 296 valence electrons. The molecule has 12 heteroatoms. The fourth-order valence-electron chi connectivity index (χ4n) is 6.32. The van der Waals surface area contributed by atoms with E-state index in [1.54, 1.807) is 12.2 Å². The number of hydrogen-bond acceptors (Lipinski definition) is 9. The van der Waals surface area contributed by atoms with E-state index >= 15 is 0 Å². The van der Waals surface area contributed by atoms with Crippen molar-refractivity contribution in [1.29, 1.82) is 0 Å². The number of phosphoric acid groups is 1. The van der Waals surface area contributed by atoms with E-state index in [0.29, 0.717) is 25.7 Å². The molecule has 0 aromatic carbocycles. The standard InChI is InChI=1S/C39H69O11P/c1-3-5-7-8-9-10-11-12-13-14-15-16-22-26-39(44)50-33(31-49-51(45,46)47)30-48-38(43)25-21-18-17-20-24-34-35(37(42)29-36(34)41)28-27-32(40)23-19-6-4-2/h10-11,27-28,32-35,37,40,42H,3-9,12-26,29-31H2,1-2H3,(H2,45,46,47)/b11-10-,28-27+/t32-,33+,34+,35+,37+/m0/s1. The molecule has 1 aliphatic rings. The SMILES string of the molecule is CCCCCC/C=C\CCCCCCCC(=O)O[C@H](COC(=O)CCCCCC[C@H]1C(=O)C[C@@H](O)[C@@H]1/C=C/[C@@H](O)CCCCC)COP(=O)(O)O. The average Bonchev–Trinajstić information content (AvgIpc) is 3.35. The van der Waals surface area contributed by atoms with Gasteiger partial charge in [-0.1, -0.05) is 115 Å². The van der Waals surface area contributed by atoms with E-state index < -0.39 is 44.7 Å². The number of rotatable bonds is 32. The molecule has 1 rings (SSSR count). The van der Waals surface area contributed by atoms with Crippen LogP contribution in [-0.2, 0) is 32.9 Å². The highest BCUT2D eigenvalue weighted by Gasteiger charge is 2.39. The van der Waals surface area contributed by atoms with Crippen LogP contribution in [0.2, 0.25) is 0 Å². The number of hydrogen-bond donors (Lipinski definition) is 4. The van der Waals surface area contributed by atoms with Crippen molar-refractivity contribution in [2.24, 2.45) is 11.8 Å². The molecule has 4 N–H and O–H groups in total. The molecule has 0 radical (unpaired) electrons. The molecule has 0 amide bonds. The van der Waals surface area contributed by atoms with Gasteiger partial charge >= 0.3 is 19.8 Å². The fraction of sp³-hybridized carbons (Fsp3) is 0.821. The molecule has 1 fully saturated rings. The van der Waals surface area contributed by atoms with E-state index in [2.05, 4.69) is 30.5 Å². The van der Waals surface area contributed by atoms with Crippen molar-refractivity contribution >= 4 is 25.5 Å². The molecule has 5 atom stereocenters. The largest absolute Gasteiger partial charge is 0.469 e. The van der Waals surface area contributed by atoms with Crippen LogP contribution in [0.4, 0.5) is 0 Å². The van der Waals surface area contributed by atoms with E-state index in [1.807, 2.05) is 0 Å². The maximum absolute atomic E-state index is 12.5. The quantitative estimate of drug-likeness (QED) is 0.0226. The minimum atomic E-state index is -4.81. The van der Waals surface area contributed by atoms with Gasteiger partial charge in [-0.15, -0.1) is 0 Å². The monoisotopic (exact) mass is 744 g/mol. The molecule has 11 nitrogen and oxygen atoms in total. The third-order valence-electron chi connectivity index (χ3n) is 9.34. The van der Waals surface area contributed by atoms with Crippen LogP contribution in [0.15, 0.2) is 24.3 Å². The van der Waals surface area contributed by atoms with Crippen molar-refractivity contribution in [3.05, 3.63) is 24.3 Å². The third kappa shape index (κ3) is 25.7. The number of Topliss-reactive ketones (excluding diaryl/α,β-unsaturated/α-hetero) is 1. The lowest BCUT2D eigenvalue weighted by Gasteiger charge is -2.18. The molecule has 0 aromatic heterocycles. The van der Waals surface area contributed by atoms with Crippen LogP contribution >= 0.6 is 7.82 Å². The molecule has 0 aliphatic heterocycles. The summed E-state index contributed by atoms with van der Waals surface area (Å²) in [5.41, 5.74) is 0. The summed E-state index contributed by atoms with van der Waals surface area (Å²) in [6, 6.07) is 0. The number of esters is 2. The highest BCUT2D eigenvalue weighted by Crippen LogP contribution is 2.36. The summed E-state index contributed by atoms with van der Waals surface area (Å²) in [5.74, 6) is -1.58. The zero-order valence-electron chi connectivity index (χ0n) is 31.5. The number of carbonyl (C=O) groups is 3. The molecule has 0 bridgehead atoms. The van der Waals surface area contributed by atoms with Crippen molar-refractivity contribution in [2.45, 2.75) is 180 Å². The van der Waals surface area contributed by atoms with Gasteiger partial charge in [0.2, 0.25) is 0 Å². The van der Waals surface area contributed by atoms with Crippen molar-refractivity contribution in [3.8, 4) is 0 Å². The van der Waals surface area contributed by atoms with Gasteiger partial charge in [0.05, 0.1) is 18.8 Å². The number of ether oxygens (including phenoxy) is 2. The Morgan fingerprint density at radius 1 is 0.804 bits per heavy atom. The Bertz CT molecular complexity index is 1040. The van der Waals surface area contributed by atoms with Gasteiger partial charge in [-0.05, 0) is 51.4 Å². The van der Waals surface area contributed by atoms with Crippen LogP contribution in [0.3, 0.4) is 0 Å². The van der Waals surface area contributed by atoms with Crippen LogP contribution < -0.4 is 0 Å². The second-order valence-corrected chi connectivity index (χ2v) is 15.3.